The zero-order chi connectivity index (χ0) is 17.4. The molecule has 122 valence electrons. The smallest absolute Gasteiger partial charge is 0.298 e. The van der Waals surface area contributed by atoms with Gasteiger partial charge in [-0.2, -0.15) is 0 Å². The van der Waals surface area contributed by atoms with E-state index >= 15 is 0 Å². The van der Waals surface area contributed by atoms with E-state index in [1.165, 1.54) is 0 Å². The summed E-state index contributed by atoms with van der Waals surface area (Å²) in [5, 5.41) is 10.0. The summed E-state index contributed by atoms with van der Waals surface area (Å²) in [5.74, 6) is 0.976. The van der Waals surface area contributed by atoms with Crippen LogP contribution in [0.3, 0.4) is 0 Å². The van der Waals surface area contributed by atoms with Crippen LogP contribution in [0.25, 0.3) is 0 Å². The third-order valence-electron chi connectivity index (χ3n) is 4.56. The van der Waals surface area contributed by atoms with Crippen molar-refractivity contribution in [3.05, 3.63) is 57.6 Å². The van der Waals surface area contributed by atoms with Gasteiger partial charge in [0.1, 0.15) is 11.5 Å². The van der Waals surface area contributed by atoms with E-state index in [0.29, 0.717) is 18.0 Å². The van der Waals surface area contributed by atoms with Gasteiger partial charge in [0.2, 0.25) is 0 Å². The average molecular weight is 312 g/mol. The molecule has 2 rings (SSSR count). The van der Waals surface area contributed by atoms with Crippen molar-refractivity contribution in [3.63, 3.8) is 0 Å². The molecule has 0 spiro atoms. The predicted molar refractivity (Wildman–Crippen MR) is 92.3 cm³/mol. The molecule has 23 heavy (non-hydrogen) atoms. The Bertz CT molecular complexity index is 711. The lowest BCUT2D eigenvalue weighted by Gasteiger charge is -2.28. The highest BCUT2D eigenvalue weighted by Crippen LogP contribution is 2.38. The quantitative estimate of drug-likeness (QED) is 0.846. The van der Waals surface area contributed by atoms with Crippen molar-refractivity contribution >= 4 is 6.47 Å². The molecule has 0 amide bonds. The number of rotatable bonds is 4. The predicted octanol–water partition coefficient (Wildman–Crippen LogP) is 4.49. The van der Waals surface area contributed by atoms with Gasteiger partial charge in [0.05, 0.1) is 0 Å². The molecule has 3 heteroatoms. The van der Waals surface area contributed by atoms with E-state index in [4.69, 9.17) is 4.74 Å². The van der Waals surface area contributed by atoms with Gasteiger partial charge in [-0.15, -0.1) is 0 Å². The minimum absolute atomic E-state index is 0.224. The van der Waals surface area contributed by atoms with Crippen LogP contribution < -0.4 is 4.74 Å². The summed E-state index contributed by atoms with van der Waals surface area (Å²) in [5.41, 5.74) is 5.70. The number of ether oxygens (including phenoxy) is 1. The van der Waals surface area contributed by atoms with E-state index in [1.807, 2.05) is 39.8 Å². The van der Waals surface area contributed by atoms with Crippen molar-refractivity contribution in [1.82, 2.24) is 0 Å². The standard InChI is InChI=1S/C20H24O3/c1-12-7-16(8-13(2)18(12)22)20(5,6)17-9-14(3)19(23-11-21)15(4)10-17/h7-11,22H,1-6H3. The monoisotopic (exact) mass is 312 g/mol. The Morgan fingerprint density at radius 3 is 1.65 bits per heavy atom. The van der Waals surface area contributed by atoms with Gasteiger partial charge >= 0.3 is 0 Å². The molecule has 0 unspecified atom stereocenters. The van der Waals surface area contributed by atoms with Crippen LogP contribution in [0.5, 0.6) is 11.5 Å². The van der Waals surface area contributed by atoms with Gasteiger partial charge < -0.3 is 9.84 Å². The van der Waals surface area contributed by atoms with Crippen molar-refractivity contribution in [1.29, 1.82) is 0 Å². The Morgan fingerprint density at radius 1 is 0.870 bits per heavy atom. The Hall–Kier alpha value is -2.29. The Kier molecular flexibility index (Phi) is 4.51. The molecule has 0 saturated heterocycles. The fraction of sp³-hybridized carbons (Fsp3) is 0.350. The molecule has 0 atom stereocenters. The number of hydrogen-bond acceptors (Lipinski definition) is 3. The van der Waals surface area contributed by atoms with E-state index in [9.17, 15) is 9.90 Å². The second-order valence-electron chi connectivity index (χ2n) is 6.74. The maximum absolute atomic E-state index is 10.6. The minimum atomic E-state index is -0.224. The van der Waals surface area contributed by atoms with Crippen LogP contribution in [0, 0.1) is 27.7 Å². The minimum Gasteiger partial charge on any atom is -0.507 e. The number of carbonyl (C=O) groups is 1. The molecule has 0 radical (unpaired) electrons. The molecule has 0 aliphatic carbocycles. The Balaban J connectivity index is 2.58. The van der Waals surface area contributed by atoms with E-state index < -0.39 is 0 Å². The molecule has 3 nitrogen and oxygen atoms in total. The molecule has 1 N–H and O–H groups in total. The average Bonchev–Trinajstić information content (AvgIpc) is 2.47. The van der Waals surface area contributed by atoms with Crippen molar-refractivity contribution in [3.8, 4) is 11.5 Å². The van der Waals surface area contributed by atoms with Crippen molar-refractivity contribution in [2.75, 3.05) is 0 Å². The first kappa shape index (κ1) is 17.1. The summed E-state index contributed by atoms with van der Waals surface area (Å²) in [6.45, 7) is 12.5. The molecular weight excluding hydrogens is 288 g/mol. The Morgan fingerprint density at radius 2 is 1.26 bits per heavy atom. The lowest BCUT2D eigenvalue weighted by atomic mass is 9.76. The highest BCUT2D eigenvalue weighted by Gasteiger charge is 2.26. The Labute approximate surface area is 137 Å². The highest BCUT2D eigenvalue weighted by atomic mass is 16.5. The maximum atomic E-state index is 10.6. The molecule has 0 bridgehead atoms. The van der Waals surface area contributed by atoms with Gasteiger partial charge in [0.25, 0.3) is 6.47 Å². The van der Waals surface area contributed by atoms with Gasteiger partial charge in [-0.1, -0.05) is 38.1 Å². The zero-order valence-corrected chi connectivity index (χ0v) is 14.7. The van der Waals surface area contributed by atoms with Crippen molar-refractivity contribution in [2.45, 2.75) is 47.0 Å². The van der Waals surface area contributed by atoms with Gasteiger partial charge in [-0.3, -0.25) is 4.79 Å². The lowest BCUT2D eigenvalue weighted by molar-refractivity contribution is -0.120. The SMILES string of the molecule is Cc1cc(C(C)(C)c2cc(C)c(OC=O)c(C)c2)cc(C)c1O. The van der Waals surface area contributed by atoms with Gasteiger partial charge in [0.15, 0.2) is 0 Å². The molecule has 2 aromatic carbocycles. The first-order valence-corrected chi connectivity index (χ1v) is 7.71. The fourth-order valence-corrected chi connectivity index (χ4v) is 3.03. The van der Waals surface area contributed by atoms with E-state index in [-0.39, 0.29) is 5.41 Å². The summed E-state index contributed by atoms with van der Waals surface area (Å²) in [7, 11) is 0. The lowest BCUT2D eigenvalue weighted by Crippen LogP contribution is -2.20. The summed E-state index contributed by atoms with van der Waals surface area (Å²) in [6, 6.07) is 8.18. The topological polar surface area (TPSA) is 46.5 Å². The van der Waals surface area contributed by atoms with Crippen LogP contribution >= 0.6 is 0 Å². The number of phenolic OH excluding ortho intramolecular Hbond substituents is 1. The van der Waals surface area contributed by atoms with Crippen LogP contribution in [0.2, 0.25) is 0 Å². The first-order chi connectivity index (χ1) is 10.7. The fourth-order valence-electron chi connectivity index (χ4n) is 3.03. The van der Waals surface area contributed by atoms with Crippen LogP contribution in [0.4, 0.5) is 0 Å². The van der Waals surface area contributed by atoms with E-state index in [0.717, 1.165) is 33.4 Å². The van der Waals surface area contributed by atoms with Gasteiger partial charge in [-0.25, -0.2) is 0 Å². The molecule has 2 aromatic rings. The summed E-state index contributed by atoms with van der Waals surface area (Å²) in [4.78, 5) is 10.6. The molecule has 0 aliphatic rings. The van der Waals surface area contributed by atoms with Crippen LogP contribution in [-0.2, 0) is 10.2 Å². The van der Waals surface area contributed by atoms with Crippen LogP contribution in [0.15, 0.2) is 24.3 Å². The molecular formula is C20H24O3. The number of carbonyl (C=O) groups excluding carboxylic acids is 1. The first-order valence-electron chi connectivity index (χ1n) is 7.71. The van der Waals surface area contributed by atoms with E-state index in [2.05, 4.69) is 26.0 Å². The summed E-state index contributed by atoms with van der Waals surface area (Å²) >= 11 is 0. The molecule has 0 aromatic heterocycles. The second kappa shape index (κ2) is 6.07. The number of aromatic hydroxyl groups is 1. The second-order valence-corrected chi connectivity index (χ2v) is 6.74. The number of aryl methyl sites for hydroxylation is 4. The maximum Gasteiger partial charge on any atom is 0.298 e. The van der Waals surface area contributed by atoms with Crippen LogP contribution in [-0.4, -0.2) is 11.6 Å². The van der Waals surface area contributed by atoms with Crippen molar-refractivity contribution < 1.29 is 14.6 Å². The number of phenols is 1. The molecule has 0 aliphatic heterocycles. The van der Waals surface area contributed by atoms with Crippen LogP contribution in [0.1, 0.15) is 47.2 Å². The highest BCUT2D eigenvalue weighted by molar-refractivity contribution is 5.55. The molecule has 0 heterocycles. The molecule has 0 fully saturated rings. The largest absolute Gasteiger partial charge is 0.507 e. The van der Waals surface area contributed by atoms with Crippen molar-refractivity contribution in [2.24, 2.45) is 0 Å². The van der Waals surface area contributed by atoms with E-state index in [1.54, 1.807) is 0 Å². The zero-order valence-electron chi connectivity index (χ0n) is 14.7. The summed E-state index contributed by atoms with van der Waals surface area (Å²) < 4.78 is 5.08. The normalized spacial score (nSPS) is 11.4. The summed E-state index contributed by atoms with van der Waals surface area (Å²) in [6.07, 6.45) is 0. The van der Waals surface area contributed by atoms with Gasteiger partial charge in [-0.05, 0) is 61.1 Å². The van der Waals surface area contributed by atoms with Gasteiger partial charge in [0, 0.05) is 5.41 Å². The third kappa shape index (κ3) is 3.09. The number of hydrogen-bond donors (Lipinski definition) is 1. The molecule has 0 saturated carbocycles. The third-order valence-corrected chi connectivity index (χ3v) is 4.56. The number of benzene rings is 2.